The minimum Gasteiger partial charge on any atom is -0.348 e. The molecule has 1 heterocycles. The van der Waals surface area contributed by atoms with E-state index < -0.39 is 0 Å². The molecule has 19 heavy (non-hydrogen) atoms. The van der Waals surface area contributed by atoms with E-state index in [4.69, 9.17) is 0 Å². The normalized spacial score (nSPS) is 10.5. The van der Waals surface area contributed by atoms with Crippen LogP contribution in [0.3, 0.4) is 0 Å². The van der Waals surface area contributed by atoms with E-state index in [1.807, 2.05) is 20.2 Å². The number of hydrogen-bond acceptors (Lipinski definition) is 2. The molecule has 0 fully saturated rings. The third kappa shape index (κ3) is 3.20. The van der Waals surface area contributed by atoms with E-state index in [-0.39, 0.29) is 16.2 Å². The molecule has 0 aliphatic rings. The average molecular weight is 326 g/mol. The van der Waals surface area contributed by atoms with Crippen LogP contribution in [0.2, 0.25) is 0 Å². The molecule has 6 heteroatoms. The smallest absolute Gasteiger partial charge is 0.251 e. The second kappa shape index (κ2) is 5.52. The predicted molar refractivity (Wildman–Crippen MR) is 73.2 cm³/mol. The van der Waals surface area contributed by atoms with E-state index in [0.717, 1.165) is 11.3 Å². The summed E-state index contributed by atoms with van der Waals surface area (Å²) < 4.78 is 15.1. The molecular formula is C13H13BrFN3O. The number of aromatic nitrogens is 2. The summed E-state index contributed by atoms with van der Waals surface area (Å²) in [5.74, 6) is -0.636. The molecule has 4 nitrogen and oxygen atoms in total. The van der Waals surface area contributed by atoms with Crippen LogP contribution in [0.1, 0.15) is 21.6 Å². The van der Waals surface area contributed by atoms with Crippen LogP contribution in [0.15, 0.2) is 28.9 Å². The number of benzene rings is 1. The van der Waals surface area contributed by atoms with Gasteiger partial charge in [-0.3, -0.25) is 9.48 Å². The summed E-state index contributed by atoms with van der Waals surface area (Å²) >= 11 is 3.06. The highest BCUT2D eigenvalue weighted by molar-refractivity contribution is 9.10. The van der Waals surface area contributed by atoms with Gasteiger partial charge in [-0.25, -0.2) is 4.39 Å². The zero-order valence-corrected chi connectivity index (χ0v) is 12.2. The highest BCUT2D eigenvalue weighted by atomic mass is 79.9. The first-order valence-corrected chi connectivity index (χ1v) is 6.49. The Morgan fingerprint density at radius 2 is 2.26 bits per heavy atom. The predicted octanol–water partition coefficient (Wildman–Crippen LogP) is 2.56. The first kappa shape index (κ1) is 13.7. The van der Waals surface area contributed by atoms with Crippen molar-refractivity contribution < 1.29 is 9.18 Å². The largest absolute Gasteiger partial charge is 0.348 e. The van der Waals surface area contributed by atoms with Gasteiger partial charge in [0.05, 0.1) is 10.2 Å². The number of hydrogen-bond donors (Lipinski definition) is 1. The number of nitrogens with zero attached hydrogens (tertiary/aromatic N) is 2. The first-order valence-electron chi connectivity index (χ1n) is 5.69. The van der Waals surface area contributed by atoms with Crippen LogP contribution in [-0.2, 0) is 13.6 Å². The maximum Gasteiger partial charge on any atom is 0.251 e. The lowest BCUT2D eigenvalue weighted by molar-refractivity contribution is 0.0951. The van der Waals surface area contributed by atoms with Crippen molar-refractivity contribution in [1.29, 1.82) is 0 Å². The van der Waals surface area contributed by atoms with Crippen molar-refractivity contribution in [2.24, 2.45) is 7.05 Å². The molecule has 0 spiro atoms. The van der Waals surface area contributed by atoms with E-state index in [1.165, 1.54) is 18.2 Å². The van der Waals surface area contributed by atoms with Crippen LogP contribution < -0.4 is 5.32 Å². The van der Waals surface area contributed by atoms with Gasteiger partial charge >= 0.3 is 0 Å². The summed E-state index contributed by atoms with van der Waals surface area (Å²) in [5.41, 5.74) is 2.25. The number of carbonyl (C=O) groups excluding carboxylic acids is 1. The molecule has 1 N–H and O–H groups in total. The highest BCUT2D eigenvalue weighted by Gasteiger charge is 2.09. The highest BCUT2D eigenvalue weighted by Crippen LogP contribution is 2.16. The molecule has 0 atom stereocenters. The molecule has 0 unspecified atom stereocenters. The summed E-state index contributed by atoms with van der Waals surface area (Å²) in [4.78, 5) is 11.9. The van der Waals surface area contributed by atoms with Crippen molar-refractivity contribution >= 4 is 21.8 Å². The number of aryl methyl sites for hydroxylation is 2. The van der Waals surface area contributed by atoms with Crippen LogP contribution in [0.25, 0.3) is 0 Å². The van der Waals surface area contributed by atoms with Gasteiger partial charge in [0.1, 0.15) is 5.82 Å². The van der Waals surface area contributed by atoms with E-state index in [1.54, 1.807) is 4.68 Å². The summed E-state index contributed by atoms with van der Waals surface area (Å²) in [6, 6.07) is 4.17. The quantitative estimate of drug-likeness (QED) is 0.942. The second-order valence-electron chi connectivity index (χ2n) is 4.22. The molecule has 2 rings (SSSR count). The molecule has 1 amide bonds. The van der Waals surface area contributed by atoms with Crippen LogP contribution >= 0.6 is 15.9 Å². The Hall–Kier alpha value is -1.69. The van der Waals surface area contributed by atoms with Crippen molar-refractivity contribution in [2.75, 3.05) is 0 Å². The van der Waals surface area contributed by atoms with Crippen molar-refractivity contribution in [3.63, 3.8) is 0 Å². The van der Waals surface area contributed by atoms with Crippen LogP contribution in [0.4, 0.5) is 4.39 Å². The monoisotopic (exact) mass is 325 g/mol. The molecule has 0 saturated heterocycles. The molecule has 1 aromatic heterocycles. The third-order valence-corrected chi connectivity index (χ3v) is 3.34. The van der Waals surface area contributed by atoms with Crippen molar-refractivity contribution in [3.8, 4) is 0 Å². The molecular weight excluding hydrogens is 313 g/mol. The minimum atomic E-state index is -0.389. The van der Waals surface area contributed by atoms with E-state index in [9.17, 15) is 9.18 Å². The Labute approximate surface area is 118 Å². The molecule has 0 bridgehead atoms. The maximum absolute atomic E-state index is 13.1. The Morgan fingerprint density at radius 1 is 1.53 bits per heavy atom. The molecule has 0 saturated carbocycles. The van der Waals surface area contributed by atoms with Gasteiger partial charge in [0.15, 0.2) is 0 Å². The van der Waals surface area contributed by atoms with Gasteiger partial charge in [0.25, 0.3) is 5.91 Å². The average Bonchev–Trinajstić information content (AvgIpc) is 2.68. The lowest BCUT2D eigenvalue weighted by Crippen LogP contribution is -2.23. The summed E-state index contributed by atoms with van der Waals surface area (Å²) in [6.45, 7) is 2.28. The van der Waals surface area contributed by atoms with Gasteiger partial charge in [-0.1, -0.05) is 0 Å². The standard InChI is InChI=1S/C13H13BrFN3O/c1-8-10(7-18(2)17-8)6-16-13(19)9-3-4-12(15)11(14)5-9/h3-5,7H,6H2,1-2H3,(H,16,19). The summed E-state index contributed by atoms with van der Waals surface area (Å²) in [5, 5.41) is 6.98. The number of rotatable bonds is 3. The summed E-state index contributed by atoms with van der Waals surface area (Å²) in [6.07, 6.45) is 1.86. The lowest BCUT2D eigenvalue weighted by atomic mass is 10.2. The number of amides is 1. The summed E-state index contributed by atoms with van der Waals surface area (Å²) in [7, 11) is 1.83. The van der Waals surface area contributed by atoms with E-state index >= 15 is 0 Å². The number of nitrogens with one attached hydrogen (secondary N) is 1. The van der Waals surface area contributed by atoms with Gasteiger partial charge in [-0.2, -0.15) is 5.10 Å². The SMILES string of the molecule is Cc1nn(C)cc1CNC(=O)c1ccc(F)c(Br)c1. The maximum atomic E-state index is 13.1. The Balaban J connectivity index is 2.05. The molecule has 1 aromatic carbocycles. The zero-order chi connectivity index (χ0) is 14.0. The second-order valence-corrected chi connectivity index (χ2v) is 5.08. The van der Waals surface area contributed by atoms with Gasteiger partial charge in [0, 0.05) is 30.9 Å². The van der Waals surface area contributed by atoms with Crippen molar-refractivity contribution in [1.82, 2.24) is 15.1 Å². The fraction of sp³-hybridized carbons (Fsp3) is 0.231. The first-order chi connectivity index (χ1) is 8.97. The van der Waals surface area contributed by atoms with E-state index in [2.05, 4.69) is 26.3 Å². The molecule has 100 valence electrons. The van der Waals surface area contributed by atoms with Gasteiger partial charge < -0.3 is 5.32 Å². The fourth-order valence-electron chi connectivity index (χ4n) is 1.74. The van der Waals surface area contributed by atoms with Gasteiger partial charge in [0.2, 0.25) is 0 Å². The van der Waals surface area contributed by atoms with Crippen molar-refractivity contribution in [2.45, 2.75) is 13.5 Å². The Bertz CT molecular complexity index is 624. The molecule has 0 radical (unpaired) electrons. The van der Waals surface area contributed by atoms with Crippen LogP contribution in [0.5, 0.6) is 0 Å². The van der Waals surface area contributed by atoms with Gasteiger partial charge in [-0.05, 0) is 41.1 Å². The van der Waals surface area contributed by atoms with Crippen LogP contribution in [-0.4, -0.2) is 15.7 Å². The Morgan fingerprint density at radius 3 is 2.84 bits per heavy atom. The van der Waals surface area contributed by atoms with Crippen LogP contribution in [0, 0.1) is 12.7 Å². The number of halogens is 2. The molecule has 2 aromatic rings. The number of carbonyl (C=O) groups is 1. The minimum absolute atomic E-state index is 0.246. The van der Waals surface area contributed by atoms with Crippen molar-refractivity contribution in [3.05, 3.63) is 51.5 Å². The van der Waals surface area contributed by atoms with Gasteiger partial charge in [-0.15, -0.1) is 0 Å². The zero-order valence-electron chi connectivity index (χ0n) is 10.6. The fourth-order valence-corrected chi connectivity index (χ4v) is 2.12. The molecule has 0 aliphatic carbocycles. The molecule has 0 aliphatic heterocycles. The lowest BCUT2D eigenvalue weighted by Gasteiger charge is -2.05. The Kier molecular flexibility index (Phi) is 3.99. The topological polar surface area (TPSA) is 46.9 Å². The van der Waals surface area contributed by atoms with E-state index in [0.29, 0.717) is 12.1 Å². The third-order valence-electron chi connectivity index (χ3n) is 2.74.